The second-order valence-electron chi connectivity index (χ2n) is 7.48. The maximum Gasteiger partial charge on any atom is 0.332 e. The smallest absolute Gasteiger partial charge is 0.332 e. The molecule has 3 aliphatic heterocycles. The van der Waals surface area contributed by atoms with Crippen LogP contribution in [0, 0.1) is 22.0 Å². The first-order valence-corrected chi connectivity index (χ1v) is 9.25. The van der Waals surface area contributed by atoms with Crippen LogP contribution in [0.3, 0.4) is 0 Å². The topological polar surface area (TPSA) is 72.7 Å². The fraction of sp³-hybridized carbons (Fsp3) is 0.381. The molecule has 0 bridgehead atoms. The first-order valence-electron chi connectivity index (χ1n) is 9.25. The van der Waals surface area contributed by atoms with E-state index in [1.807, 2.05) is 0 Å². The van der Waals surface area contributed by atoms with Crippen molar-refractivity contribution in [2.24, 2.45) is 0 Å². The first-order chi connectivity index (χ1) is 13.0. The van der Waals surface area contributed by atoms with E-state index in [0.717, 1.165) is 36.1 Å². The number of hydrogen-bond donors (Lipinski definition) is 0. The minimum atomic E-state index is -0.587. The molecule has 0 radical (unpaired) electrons. The van der Waals surface area contributed by atoms with Gasteiger partial charge in [0.25, 0.3) is 5.69 Å². The van der Waals surface area contributed by atoms with Crippen molar-refractivity contribution in [2.75, 3.05) is 6.54 Å². The van der Waals surface area contributed by atoms with Gasteiger partial charge in [0.2, 0.25) is 0 Å². The number of hydrogen-bond acceptors (Lipinski definition) is 5. The Morgan fingerprint density at radius 3 is 2.78 bits per heavy atom. The van der Waals surface area contributed by atoms with Crippen molar-refractivity contribution in [3.05, 3.63) is 62.7 Å². The Hall–Kier alpha value is -2.91. The van der Waals surface area contributed by atoms with Crippen molar-refractivity contribution in [2.45, 2.75) is 43.9 Å². The number of carbonyl (C=O) groups excluding carboxylic acids is 1. The molecule has 3 atom stereocenters. The second-order valence-corrected chi connectivity index (χ2v) is 7.48. The van der Waals surface area contributed by atoms with Crippen LogP contribution in [-0.4, -0.2) is 40.0 Å². The number of rotatable bonds is 1. The lowest BCUT2D eigenvalue weighted by molar-refractivity contribution is -0.384. The summed E-state index contributed by atoms with van der Waals surface area (Å²) in [5.41, 5.74) is 3.11. The van der Waals surface area contributed by atoms with Gasteiger partial charge in [0, 0.05) is 46.5 Å². The molecule has 6 heteroatoms. The van der Waals surface area contributed by atoms with Crippen LogP contribution in [0.15, 0.2) is 47.1 Å². The quantitative estimate of drug-likeness (QED) is 0.332. The van der Waals surface area contributed by atoms with Crippen molar-refractivity contribution in [3.63, 3.8) is 0 Å². The number of nitrogens with zero attached hydrogens (tertiary/aromatic N) is 2. The number of non-ortho nitro benzene ring substituents is 1. The lowest BCUT2D eigenvalue weighted by Crippen LogP contribution is -2.52. The molecule has 0 saturated carbocycles. The summed E-state index contributed by atoms with van der Waals surface area (Å²) >= 11 is 0. The third-order valence-electron chi connectivity index (χ3n) is 6.20. The molecule has 0 aromatic heterocycles. The number of nitro groups is 1. The van der Waals surface area contributed by atoms with Crippen LogP contribution in [0.4, 0.5) is 5.69 Å². The number of carbonyl (C=O) groups is 1. The molecule has 3 heterocycles. The van der Waals surface area contributed by atoms with E-state index in [1.54, 1.807) is 18.2 Å². The van der Waals surface area contributed by atoms with Crippen molar-refractivity contribution in [1.82, 2.24) is 4.90 Å². The Balaban J connectivity index is 1.55. The summed E-state index contributed by atoms with van der Waals surface area (Å²) in [6.45, 7) is 3.18. The molecule has 1 unspecified atom stereocenters. The molecule has 2 fully saturated rings. The standard InChI is InChI=1S/C21H18N2O4/c1-13-20-16(10-7-14-5-8-15(9-6-14)23(25)26)17-12-19(24)27-21(17,20)18-4-2-3-11-22(13)18/h5-6,8-9,12-13,18H,2-4,11H2,1H3/t13-,18?,21-/m0/s1. The van der Waals surface area contributed by atoms with E-state index in [1.165, 1.54) is 18.6 Å². The van der Waals surface area contributed by atoms with E-state index < -0.39 is 10.5 Å². The fourth-order valence-corrected chi connectivity index (χ4v) is 5.10. The molecule has 27 heavy (non-hydrogen) atoms. The lowest BCUT2D eigenvalue weighted by atomic mass is 9.65. The van der Waals surface area contributed by atoms with Gasteiger partial charge in [-0.15, -0.1) is 0 Å². The third kappa shape index (κ3) is 2.09. The minimum absolute atomic E-state index is 0.0454. The molecule has 0 amide bonds. The van der Waals surface area contributed by atoms with Crippen LogP contribution in [-0.2, 0) is 9.53 Å². The second kappa shape index (κ2) is 5.54. The van der Waals surface area contributed by atoms with Crippen LogP contribution < -0.4 is 0 Å². The zero-order valence-corrected chi connectivity index (χ0v) is 14.9. The summed E-state index contributed by atoms with van der Waals surface area (Å²) in [4.78, 5) is 24.9. The Kier molecular flexibility index (Phi) is 3.34. The Morgan fingerprint density at radius 1 is 1.26 bits per heavy atom. The summed E-state index contributed by atoms with van der Waals surface area (Å²) in [5, 5.41) is 10.8. The van der Waals surface area contributed by atoms with E-state index >= 15 is 0 Å². The predicted molar refractivity (Wildman–Crippen MR) is 97.7 cm³/mol. The maximum atomic E-state index is 12.1. The van der Waals surface area contributed by atoms with Crippen LogP contribution in [0.5, 0.6) is 0 Å². The molecule has 1 aliphatic carbocycles. The SMILES string of the molecule is C[C@H]1C2=C(C#Cc3ccc([N+](=O)[O-])cc3)C3=CC(=O)O[C@]32C2CCCCN21. The van der Waals surface area contributed by atoms with Gasteiger partial charge in [0.05, 0.1) is 11.0 Å². The molecular weight excluding hydrogens is 344 g/mol. The summed E-state index contributed by atoms with van der Waals surface area (Å²) in [5.74, 6) is 6.03. The lowest BCUT2D eigenvalue weighted by Gasteiger charge is -2.43. The molecule has 1 spiro atoms. The number of esters is 1. The molecule has 4 aliphatic rings. The number of nitro benzene ring substituents is 1. The predicted octanol–water partition coefficient (Wildman–Crippen LogP) is 2.74. The summed E-state index contributed by atoms with van der Waals surface area (Å²) in [7, 11) is 0. The minimum Gasteiger partial charge on any atom is -0.445 e. The van der Waals surface area contributed by atoms with Gasteiger partial charge in [-0.2, -0.15) is 0 Å². The highest BCUT2D eigenvalue weighted by molar-refractivity contribution is 5.94. The van der Waals surface area contributed by atoms with Gasteiger partial charge < -0.3 is 4.74 Å². The van der Waals surface area contributed by atoms with E-state index in [0.29, 0.717) is 5.56 Å². The van der Waals surface area contributed by atoms with Crippen molar-refractivity contribution in [3.8, 4) is 11.8 Å². The van der Waals surface area contributed by atoms with E-state index in [2.05, 4.69) is 23.7 Å². The van der Waals surface area contributed by atoms with E-state index in [4.69, 9.17) is 4.74 Å². The highest BCUT2D eigenvalue weighted by atomic mass is 16.6. The summed E-state index contributed by atoms with van der Waals surface area (Å²) < 4.78 is 5.86. The number of fused-ring (bicyclic) bond motifs is 1. The highest BCUT2D eigenvalue weighted by Gasteiger charge is 2.68. The summed E-state index contributed by atoms with van der Waals surface area (Å²) in [6, 6.07) is 6.63. The average molecular weight is 362 g/mol. The molecule has 2 saturated heterocycles. The maximum absolute atomic E-state index is 12.1. The van der Waals surface area contributed by atoms with Crippen molar-refractivity contribution < 1.29 is 14.5 Å². The molecule has 1 aromatic rings. The number of piperidine rings is 1. The van der Waals surface area contributed by atoms with Crippen LogP contribution >= 0.6 is 0 Å². The monoisotopic (exact) mass is 362 g/mol. The molecule has 6 nitrogen and oxygen atoms in total. The van der Waals surface area contributed by atoms with Gasteiger partial charge >= 0.3 is 5.97 Å². The van der Waals surface area contributed by atoms with Crippen LogP contribution in [0.1, 0.15) is 31.7 Å². The van der Waals surface area contributed by atoms with E-state index in [-0.39, 0.29) is 23.7 Å². The zero-order valence-electron chi connectivity index (χ0n) is 14.9. The van der Waals surface area contributed by atoms with Gasteiger partial charge in [-0.25, -0.2) is 4.79 Å². The Labute approximate surface area is 156 Å². The van der Waals surface area contributed by atoms with Crippen LogP contribution in [0.2, 0.25) is 0 Å². The zero-order chi connectivity index (χ0) is 18.8. The Bertz CT molecular complexity index is 995. The highest BCUT2D eigenvalue weighted by Crippen LogP contribution is 2.61. The van der Waals surface area contributed by atoms with Crippen molar-refractivity contribution >= 4 is 11.7 Å². The molecule has 5 rings (SSSR count). The fourth-order valence-electron chi connectivity index (χ4n) is 5.10. The molecular formula is C21H18N2O4. The van der Waals surface area contributed by atoms with Gasteiger partial charge in [-0.3, -0.25) is 15.0 Å². The van der Waals surface area contributed by atoms with Gasteiger partial charge in [0.1, 0.15) is 0 Å². The number of benzene rings is 1. The largest absolute Gasteiger partial charge is 0.445 e. The van der Waals surface area contributed by atoms with Gasteiger partial charge in [-0.1, -0.05) is 18.3 Å². The molecule has 0 N–H and O–H groups in total. The van der Waals surface area contributed by atoms with E-state index in [9.17, 15) is 14.9 Å². The molecule has 1 aromatic carbocycles. The molecule has 136 valence electrons. The third-order valence-corrected chi connectivity index (χ3v) is 6.20. The first kappa shape index (κ1) is 16.3. The summed E-state index contributed by atoms with van der Waals surface area (Å²) in [6.07, 6.45) is 4.94. The van der Waals surface area contributed by atoms with Gasteiger partial charge in [-0.05, 0) is 38.4 Å². The average Bonchev–Trinajstić information content (AvgIpc) is 3.06. The Morgan fingerprint density at radius 2 is 2.04 bits per heavy atom. The van der Waals surface area contributed by atoms with Crippen LogP contribution in [0.25, 0.3) is 0 Å². The number of ether oxygens (including phenoxy) is 1. The van der Waals surface area contributed by atoms with Crippen molar-refractivity contribution in [1.29, 1.82) is 0 Å². The van der Waals surface area contributed by atoms with Gasteiger partial charge in [0.15, 0.2) is 5.60 Å². The normalized spacial score (nSPS) is 31.0.